The molecule has 1 rings (SSSR count). The topological polar surface area (TPSA) is 55.1 Å². The van der Waals surface area contributed by atoms with Gasteiger partial charge >= 0.3 is 0 Å². The lowest BCUT2D eigenvalue weighted by atomic mass is 10.1. The maximum absolute atomic E-state index is 11.7. The van der Waals surface area contributed by atoms with Gasteiger partial charge in [0.15, 0.2) is 0 Å². The third kappa shape index (κ3) is 6.22. The summed E-state index contributed by atoms with van der Waals surface area (Å²) in [6.07, 6.45) is 0. The number of hydrogen-bond acceptors (Lipinski definition) is 3. The van der Waals surface area contributed by atoms with E-state index in [-0.39, 0.29) is 11.4 Å². The number of benzene rings is 1. The molecule has 1 amide bonds. The Morgan fingerprint density at radius 3 is 2.67 bits per heavy atom. The van der Waals surface area contributed by atoms with Gasteiger partial charge in [-0.15, -0.1) is 0 Å². The van der Waals surface area contributed by atoms with Gasteiger partial charge in [-0.05, 0) is 48.0 Å². The summed E-state index contributed by atoms with van der Waals surface area (Å²) in [5, 5.41) is 2.86. The first-order chi connectivity index (χ1) is 8.28. The molecule has 0 saturated heterocycles. The number of nitrogens with one attached hydrogen (secondary N) is 1. The molecule has 0 aliphatic rings. The molecule has 0 fully saturated rings. The van der Waals surface area contributed by atoms with E-state index in [0.29, 0.717) is 5.75 Å². The highest BCUT2D eigenvalue weighted by molar-refractivity contribution is 9.11. The van der Waals surface area contributed by atoms with Crippen molar-refractivity contribution >= 4 is 55.2 Å². The molecule has 0 bridgehead atoms. The number of nitrogens with two attached hydrogens (primary N) is 1. The molecule has 0 spiro atoms. The second-order valence-electron chi connectivity index (χ2n) is 4.65. The van der Waals surface area contributed by atoms with Crippen molar-refractivity contribution in [1.82, 2.24) is 0 Å². The van der Waals surface area contributed by atoms with Crippen LogP contribution in [0.25, 0.3) is 0 Å². The van der Waals surface area contributed by atoms with E-state index in [9.17, 15) is 4.79 Å². The second kappa shape index (κ2) is 6.93. The van der Waals surface area contributed by atoms with Crippen molar-refractivity contribution in [2.24, 2.45) is 5.73 Å². The molecule has 0 heterocycles. The van der Waals surface area contributed by atoms with Gasteiger partial charge in [-0.3, -0.25) is 4.79 Å². The summed E-state index contributed by atoms with van der Waals surface area (Å²) in [5.41, 5.74) is 6.38. The number of carbonyl (C=O) groups is 1. The SMILES string of the molecule is CC(C)(N)CSCC(=O)Nc1ccc(Br)cc1Br. The summed E-state index contributed by atoms with van der Waals surface area (Å²) in [6.45, 7) is 3.90. The molecular weight excluding hydrogens is 380 g/mol. The molecule has 0 aliphatic carbocycles. The van der Waals surface area contributed by atoms with Crippen molar-refractivity contribution in [3.63, 3.8) is 0 Å². The van der Waals surface area contributed by atoms with E-state index in [1.165, 1.54) is 11.8 Å². The molecule has 6 heteroatoms. The van der Waals surface area contributed by atoms with Gasteiger partial charge in [-0.1, -0.05) is 15.9 Å². The molecule has 3 N–H and O–H groups in total. The predicted molar refractivity (Wildman–Crippen MR) is 86.1 cm³/mol. The van der Waals surface area contributed by atoms with Crippen molar-refractivity contribution in [2.75, 3.05) is 16.8 Å². The standard InChI is InChI=1S/C12H16Br2N2OS/c1-12(2,15)7-18-6-11(17)16-10-4-3-8(13)5-9(10)14/h3-5H,6-7,15H2,1-2H3,(H,16,17). The fourth-order valence-electron chi connectivity index (χ4n) is 1.18. The monoisotopic (exact) mass is 394 g/mol. The van der Waals surface area contributed by atoms with E-state index in [4.69, 9.17) is 5.73 Å². The molecule has 0 radical (unpaired) electrons. The van der Waals surface area contributed by atoms with E-state index in [1.807, 2.05) is 32.0 Å². The first-order valence-electron chi connectivity index (χ1n) is 5.39. The van der Waals surface area contributed by atoms with Gasteiger partial charge in [-0.25, -0.2) is 0 Å². The fraction of sp³-hybridized carbons (Fsp3) is 0.417. The molecule has 1 aromatic rings. The third-order valence-electron chi connectivity index (χ3n) is 1.91. The molecule has 0 aliphatic heterocycles. The summed E-state index contributed by atoms with van der Waals surface area (Å²) < 4.78 is 1.82. The van der Waals surface area contributed by atoms with Gasteiger partial charge < -0.3 is 11.1 Å². The maximum Gasteiger partial charge on any atom is 0.234 e. The third-order valence-corrected chi connectivity index (χ3v) is 4.48. The van der Waals surface area contributed by atoms with Gasteiger partial charge in [0, 0.05) is 20.2 Å². The molecule has 1 aromatic carbocycles. The van der Waals surface area contributed by atoms with Crippen LogP contribution in [0.5, 0.6) is 0 Å². The van der Waals surface area contributed by atoms with E-state index in [1.54, 1.807) is 0 Å². The lowest BCUT2D eigenvalue weighted by molar-refractivity contribution is -0.113. The molecular formula is C12H16Br2N2OS. The van der Waals surface area contributed by atoms with Crippen LogP contribution in [0.15, 0.2) is 27.1 Å². The van der Waals surface area contributed by atoms with E-state index in [2.05, 4.69) is 37.2 Å². The molecule has 0 unspecified atom stereocenters. The Morgan fingerprint density at radius 1 is 1.44 bits per heavy atom. The number of anilines is 1. The smallest absolute Gasteiger partial charge is 0.234 e. The van der Waals surface area contributed by atoms with Crippen LogP contribution in [0.2, 0.25) is 0 Å². The van der Waals surface area contributed by atoms with Gasteiger partial charge in [0.05, 0.1) is 11.4 Å². The molecule has 0 atom stereocenters. The molecule has 0 aromatic heterocycles. The zero-order valence-corrected chi connectivity index (χ0v) is 14.3. The highest BCUT2D eigenvalue weighted by Crippen LogP contribution is 2.26. The lowest BCUT2D eigenvalue weighted by Gasteiger charge is -2.17. The average Bonchev–Trinajstić information content (AvgIpc) is 2.20. The van der Waals surface area contributed by atoms with Crippen LogP contribution >= 0.6 is 43.6 Å². The average molecular weight is 396 g/mol. The van der Waals surface area contributed by atoms with Crippen LogP contribution in [-0.4, -0.2) is 23.0 Å². The Labute approximate surface area is 129 Å². The highest BCUT2D eigenvalue weighted by Gasteiger charge is 2.12. The van der Waals surface area contributed by atoms with Crippen LogP contribution in [0, 0.1) is 0 Å². The van der Waals surface area contributed by atoms with Crippen LogP contribution in [0.4, 0.5) is 5.69 Å². The Morgan fingerprint density at radius 2 is 2.11 bits per heavy atom. The summed E-state index contributed by atoms with van der Waals surface area (Å²) >= 11 is 8.30. The number of thioether (sulfide) groups is 1. The Hall–Kier alpha value is -0.0400. The maximum atomic E-state index is 11.7. The first-order valence-corrected chi connectivity index (χ1v) is 8.13. The van der Waals surface area contributed by atoms with Crippen LogP contribution in [-0.2, 0) is 4.79 Å². The highest BCUT2D eigenvalue weighted by atomic mass is 79.9. The van der Waals surface area contributed by atoms with Crippen molar-refractivity contribution in [2.45, 2.75) is 19.4 Å². The molecule has 3 nitrogen and oxygen atoms in total. The number of rotatable bonds is 5. The van der Waals surface area contributed by atoms with Gasteiger partial charge in [0.2, 0.25) is 5.91 Å². The minimum atomic E-state index is -0.247. The van der Waals surface area contributed by atoms with Gasteiger partial charge in [0.1, 0.15) is 0 Å². The number of carbonyl (C=O) groups excluding carboxylic acids is 1. The van der Waals surface area contributed by atoms with Crippen LogP contribution < -0.4 is 11.1 Å². The minimum Gasteiger partial charge on any atom is -0.325 e. The quantitative estimate of drug-likeness (QED) is 0.800. The second-order valence-corrected chi connectivity index (χ2v) is 7.41. The Balaban J connectivity index is 2.45. The molecule has 18 heavy (non-hydrogen) atoms. The van der Waals surface area contributed by atoms with Crippen molar-refractivity contribution in [1.29, 1.82) is 0 Å². The summed E-state index contributed by atoms with van der Waals surface area (Å²) in [6, 6.07) is 5.63. The molecule has 0 saturated carbocycles. The molecule has 100 valence electrons. The van der Waals surface area contributed by atoms with E-state index < -0.39 is 0 Å². The van der Waals surface area contributed by atoms with Gasteiger partial charge in [0.25, 0.3) is 0 Å². The fourth-order valence-corrected chi connectivity index (χ4v) is 3.22. The number of hydrogen-bond donors (Lipinski definition) is 2. The van der Waals surface area contributed by atoms with Crippen molar-refractivity contribution in [3.8, 4) is 0 Å². The van der Waals surface area contributed by atoms with Crippen molar-refractivity contribution < 1.29 is 4.79 Å². The Kier molecular flexibility index (Phi) is 6.17. The summed E-state index contributed by atoms with van der Waals surface area (Å²) in [5.74, 6) is 1.14. The van der Waals surface area contributed by atoms with E-state index >= 15 is 0 Å². The number of halogens is 2. The largest absolute Gasteiger partial charge is 0.325 e. The Bertz CT molecular complexity index is 433. The van der Waals surface area contributed by atoms with Gasteiger partial charge in [-0.2, -0.15) is 11.8 Å². The first kappa shape index (κ1) is 16.0. The minimum absolute atomic E-state index is 0.0210. The van der Waals surface area contributed by atoms with Crippen LogP contribution in [0.3, 0.4) is 0 Å². The van der Waals surface area contributed by atoms with Crippen molar-refractivity contribution in [3.05, 3.63) is 27.1 Å². The zero-order chi connectivity index (χ0) is 13.8. The summed E-state index contributed by atoms with van der Waals surface area (Å²) in [4.78, 5) is 11.7. The van der Waals surface area contributed by atoms with Crippen LogP contribution in [0.1, 0.15) is 13.8 Å². The van der Waals surface area contributed by atoms with E-state index in [0.717, 1.165) is 20.4 Å². The predicted octanol–water partition coefficient (Wildman–Crippen LogP) is 3.62. The summed E-state index contributed by atoms with van der Waals surface area (Å²) in [7, 11) is 0. The lowest BCUT2D eigenvalue weighted by Crippen LogP contribution is -2.35. The normalized spacial score (nSPS) is 11.4. The zero-order valence-electron chi connectivity index (χ0n) is 10.3. The number of amides is 1.